The zero-order chi connectivity index (χ0) is 9.52. The predicted octanol–water partition coefficient (Wildman–Crippen LogP) is 0.579. The molecular weight excluding hydrogens is 160 g/mol. The van der Waals surface area contributed by atoms with E-state index in [1.165, 1.54) is 0 Å². The molecule has 66 valence electrons. The van der Waals surface area contributed by atoms with Crippen LogP contribution in [-0.4, -0.2) is 22.6 Å². The molecule has 1 saturated heterocycles. The average molecular weight is 170 g/mol. The van der Waals surface area contributed by atoms with E-state index >= 15 is 0 Å². The number of ether oxygens (including phenoxy) is 1. The van der Waals surface area contributed by atoms with Gasteiger partial charge in [-0.1, -0.05) is 6.58 Å². The van der Waals surface area contributed by atoms with Gasteiger partial charge in [-0.3, -0.25) is 4.79 Å². The van der Waals surface area contributed by atoms with Gasteiger partial charge in [0.05, 0.1) is 0 Å². The second kappa shape index (κ2) is 2.33. The van der Waals surface area contributed by atoms with E-state index in [2.05, 4.69) is 6.58 Å². The van der Waals surface area contributed by atoms with Gasteiger partial charge >= 0.3 is 11.9 Å². The molecule has 1 N–H and O–H groups in total. The summed E-state index contributed by atoms with van der Waals surface area (Å²) >= 11 is 0. The molecule has 1 atom stereocenters. The first kappa shape index (κ1) is 8.77. The summed E-state index contributed by atoms with van der Waals surface area (Å²) in [5.41, 5.74) is -0.951. The van der Waals surface area contributed by atoms with Crippen molar-refractivity contribution in [2.24, 2.45) is 5.92 Å². The van der Waals surface area contributed by atoms with Gasteiger partial charge < -0.3 is 9.84 Å². The van der Waals surface area contributed by atoms with E-state index in [9.17, 15) is 9.59 Å². The second-order valence-corrected chi connectivity index (χ2v) is 3.29. The molecule has 12 heavy (non-hydrogen) atoms. The average Bonchev–Trinajstić information content (AvgIpc) is 2.01. The number of carbonyl (C=O) groups excluding carboxylic acids is 1. The maximum absolute atomic E-state index is 10.9. The minimum Gasteiger partial charge on any atom is -0.481 e. The van der Waals surface area contributed by atoms with Crippen molar-refractivity contribution in [3.63, 3.8) is 0 Å². The summed E-state index contributed by atoms with van der Waals surface area (Å²) in [5, 5.41) is 8.74. The molecule has 1 aliphatic rings. The first-order chi connectivity index (χ1) is 5.36. The zero-order valence-electron chi connectivity index (χ0n) is 6.96. The standard InChI is InChI=1S/C8H10O4/c1-4-5(6(9)10)8(2,3)12-7(4)11/h5H,1H2,2-3H3,(H,9,10). The summed E-state index contributed by atoms with van der Waals surface area (Å²) in [5.74, 6) is -2.62. The fraction of sp³-hybridized carbons (Fsp3) is 0.500. The highest BCUT2D eigenvalue weighted by atomic mass is 16.6. The van der Waals surface area contributed by atoms with Crippen molar-refractivity contribution in [3.8, 4) is 0 Å². The van der Waals surface area contributed by atoms with Crippen LogP contribution in [-0.2, 0) is 14.3 Å². The Labute approximate surface area is 69.8 Å². The molecule has 4 nitrogen and oxygen atoms in total. The molecule has 0 aromatic rings. The normalized spacial score (nSPS) is 27.0. The Kier molecular flexibility index (Phi) is 1.71. The third-order valence-corrected chi connectivity index (χ3v) is 1.91. The number of hydrogen-bond acceptors (Lipinski definition) is 3. The molecule has 0 spiro atoms. The molecule has 0 amide bonds. The van der Waals surface area contributed by atoms with Crippen molar-refractivity contribution in [3.05, 3.63) is 12.2 Å². The Bertz CT molecular complexity index is 264. The number of carbonyl (C=O) groups is 2. The maximum atomic E-state index is 10.9. The fourth-order valence-corrected chi connectivity index (χ4v) is 1.35. The first-order valence-electron chi connectivity index (χ1n) is 3.51. The van der Waals surface area contributed by atoms with Crippen molar-refractivity contribution in [1.29, 1.82) is 0 Å². The lowest BCUT2D eigenvalue weighted by atomic mass is 9.88. The number of carboxylic acids is 1. The molecule has 1 heterocycles. The first-order valence-corrected chi connectivity index (χ1v) is 3.51. The Morgan fingerprint density at radius 3 is 2.33 bits per heavy atom. The van der Waals surface area contributed by atoms with E-state index in [-0.39, 0.29) is 5.57 Å². The molecule has 0 aromatic heterocycles. The largest absolute Gasteiger partial charge is 0.481 e. The Balaban J connectivity index is 3.05. The lowest BCUT2D eigenvalue weighted by Gasteiger charge is -2.20. The Morgan fingerprint density at radius 1 is 1.67 bits per heavy atom. The molecular formula is C8H10O4. The van der Waals surface area contributed by atoms with Crippen LogP contribution >= 0.6 is 0 Å². The van der Waals surface area contributed by atoms with Crippen LogP contribution in [0.5, 0.6) is 0 Å². The molecule has 1 aliphatic heterocycles. The molecule has 1 unspecified atom stereocenters. The smallest absolute Gasteiger partial charge is 0.335 e. The van der Waals surface area contributed by atoms with E-state index in [0.717, 1.165) is 0 Å². The highest BCUT2D eigenvalue weighted by Crippen LogP contribution is 2.35. The number of hydrogen-bond donors (Lipinski definition) is 1. The Morgan fingerprint density at radius 2 is 2.17 bits per heavy atom. The van der Waals surface area contributed by atoms with Gasteiger partial charge in [-0.2, -0.15) is 0 Å². The van der Waals surface area contributed by atoms with Crippen LogP contribution < -0.4 is 0 Å². The van der Waals surface area contributed by atoms with E-state index in [1.54, 1.807) is 13.8 Å². The van der Waals surface area contributed by atoms with Gasteiger partial charge in [0.1, 0.15) is 11.5 Å². The number of cyclic esters (lactones) is 1. The fourth-order valence-electron chi connectivity index (χ4n) is 1.35. The molecule has 4 heteroatoms. The highest BCUT2D eigenvalue weighted by Gasteiger charge is 2.49. The number of aliphatic carboxylic acids is 1. The van der Waals surface area contributed by atoms with Crippen LogP contribution in [0.3, 0.4) is 0 Å². The van der Waals surface area contributed by atoms with Crippen LogP contribution in [0, 0.1) is 5.92 Å². The molecule has 0 bridgehead atoms. The van der Waals surface area contributed by atoms with Gasteiger partial charge in [0, 0.05) is 5.57 Å². The van der Waals surface area contributed by atoms with E-state index in [0.29, 0.717) is 0 Å². The number of carboxylic acid groups (broad SMARTS) is 1. The molecule has 0 saturated carbocycles. The van der Waals surface area contributed by atoms with Crippen LogP contribution in [0.2, 0.25) is 0 Å². The lowest BCUT2D eigenvalue weighted by molar-refractivity contribution is -0.150. The van der Waals surface area contributed by atoms with Gasteiger partial charge in [0.25, 0.3) is 0 Å². The molecule has 0 radical (unpaired) electrons. The van der Waals surface area contributed by atoms with E-state index in [1.807, 2.05) is 0 Å². The van der Waals surface area contributed by atoms with Crippen molar-refractivity contribution >= 4 is 11.9 Å². The van der Waals surface area contributed by atoms with Crippen LogP contribution in [0.25, 0.3) is 0 Å². The maximum Gasteiger partial charge on any atom is 0.335 e. The van der Waals surface area contributed by atoms with Gasteiger partial charge in [-0.25, -0.2) is 4.79 Å². The van der Waals surface area contributed by atoms with Gasteiger partial charge in [-0.15, -0.1) is 0 Å². The summed E-state index contributed by atoms with van der Waals surface area (Å²) < 4.78 is 4.82. The molecule has 0 aromatic carbocycles. The summed E-state index contributed by atoms with van der Waals surface area (Å²) in [7, 11) is 0. The SMILES string of the molecule is C=C1C(=O)OC(C)(C)C1C(=O)O. The topological polar surface area (TPSA) is 63.6 Å². The lowest BCUT2D eigenvalue weighted by Crippen LogP contribution is -2.33. The van der Waals surface area contributed by atoms with Crippen molar-refractivity contribution in [2.45, 2.75) is 19.4 Å². The molecule has 1 rings (SSSR count). The summed E-state index contributed by atoms with van der Waals surface area (Å²) in [4.78, 5) is 21.6. The van der Waals surface area contributed by atoms with Gasteiger partial charge in [-0.05, 0) is 13.8 Å². The van der Waals surface area contributed by atoms with E-state index < -0.39 is 23.5 Å². The number of rotatable bonds is 1. The third kappa shape index (κ3) is 1.09. The monoisotopic (exact) mass is 170 g/mol. The summed E-state index contributed by atoms with van der Waals surface area (Å²) in [6, 6.07) is 0. The highest BCUT2D eigenvalue weighted by molar-refractivity contribution is 5.98. The Hall–Kier alpha value is -1.32. The molecule has 1 fully saturated rings. The second-order valence-electron chi connectivity index (χ2n) is 3.29. The minimum absolute atomic E-state index is 0.0208. The van der Waals surface area contributed by atoms with Crippen LogP contribution in [0.4, 0.5) is 0 Å². The number of esters is 1. The molecule has 0 aliphatic carbocycles. The van der Waals surface area contributed by atoms with Crippen LogP contribution in [0.1, 0.15) is 13.8 Å². The third-order valence-electron chi connectivity index (χ3n) is 1.91. The van der Waals surface area contributed by atoms with Crippen LogP contribution in [0.15, 0.2) is 12.2 Å². The van der Waals surface area contributed by atoms with Gasteiger partial charge in [0.15, 0.2) is 0 Å². The van der Waals surface area contributed by atoms with Gasteiger partial charge in [0.2, 0.25) is 0 Å². The van der Waals surface area contributed by atoms with Crippen molar-refractivity contribution < 1.29 is 19.4 Å². The van der Waals surface area contributed by atoms with Crippen molar-refractivity contribution in [1.82, 2.24) is 0 Å². The predicted molar refractivity (Wildman–Crippen MR) is 40.4 cm³/mol. The summed E-state index contributed by atoms with van der Waals surface area (Å²) in [6.07, 6.45) is 0. The van der Waals surface area contributed by atoms with Crippen molar-refractivity contribution in [2.75, 3.05) is 0 Å². The minimum atomic E-state index is -1.07. The summed E-state index contributed by atoms with van der Waals surface area (Å²) in [6.45, 7) is 6.49. The quantitative estimate of drug-likeness (QED) is 0.461. The van der Waals surface area contributed by atoms with E-state index in [4.69, 9.17) is 9.84 Å². The zero-order valence-corrected chi connectivity index (χ0v) is 6.96.